The molecule has 5 atom stereocenters. The zero-order chi connectivity index (χ0) is 17.3. The van der Waals surface area contributed by atoms with Gasteiger partial charge in [-0.25, -0.2) is 4.39 Å². The van der Waals surface area contributed by atoms with Crippen molar-refractivity contribution in [3.05, 3.63) is 35.6 Å². The molecule has 2 saturated heterocycles. The second-order valence-corrected chi connectivity index (χ2v) is 6.59. The molecule has 0 radical (unpaired) electrons. The van der Waals surface area contributed by atoms with E-state index < -0.39 is 0 Å². The van der Waals surface area contributed by atoms with Crippen molar-refractivity contribution in [2.75, 3.05) is 28.1 Å². The van der Waals surface area contributed by atoms with E-state index in [2.05, 4.69) is 4.90 Å². The van der Waals surface area contributed by atoms with Crippen LogP contribution in [0.4, 0.5) is 4.39 Å². The zero-order valence-electron chi connectivity index (χ0n) is 14.3. The summed E-state index contributed by atoms with van der Waals surface area (Å²) >= 11 is 0. The van der Waals surface area contributed by atoms with Crippen LogP contribution in [0.5, 0.6) is 0 Å². The second kappa shape index (κ2) is 7.17. The van der Waals surface area contributed by atoms with Crippen LogP contribution in [0.3, 0.4) is 0 Å². The van der Waals surface area contributed by atoms with Gasteiger partial charge < -0.3 is 14.2 Å². The summed E-state index contributed by atoms with van der Waals surface area (Å²) in [6.45, 7) is 0.242. The average molecular weight is 337 g/mol. The molecule has 24 heavy (non-hydrogen) atoms. The lowest BCUT2D eigenvalue weighted by Crippen LogP contribution is -2.50. The van der Waals surface area contributed by atoms with E-state index in [-0.39, 0.29) is 48.6 Å². The van der Waals surface area contributed by atoms with E-state index in [1.807, 2.05) is 7.05 Å². The molecule has 0 amide bonds. The number of ether oxygens (including phenoxy) is 3. The Morgan fingerprint density at radius 2 is 1.92 bits per heavy atom. The fourth-order valence-electron chi connectivity index (χ4n) is 4.31. The summed E-state index contributed by atoms with van der Waals surface area (Å²) in [5, 5.41) is 0. The average Bonchev–Trinajstić information content (AvgIpc) is 2.79. The smallest absolute Gasteiger partial charge is 0.310 e. The van der Waals surface area contributed by atoms with E-state index in [1.165, 1.54) is 19.2 Å². The molecule has 2 unspecified atom stereocenters. The highest BCUT2D eigenvalue weighted by Gasteiger charge is 2.54. The van der Waals surface area contributed by atoms with Gasteiger partial charge in [0, 0.05) is 25.1 Å². The van der Waals surface area contributed by atoms with Gasteiger partial charge in [-0.15, -0.1) is 0 Å². The Labute approximate surface area is 141 Å². The van der Waals surface area contributed by atoms with Crippen LogP contribution < -0.4 is 0 Å². The fourth-order valence-corrected chi connectivity index (χ4v) is 4.31. The van der Waals surface area contributed by atoms with Crippen LogP contribution >= 0.6 is 0 Å². The maximum Gasteiger partial charge on any atom is 0.310 e. The highest BCUT2D eigenvalue weighted by molar-refractivity contribution is 5.75. The molecule has 0 aromatic heterocycles. The SMILES string of the molecule is COCO[C@H]1CC2[C@@H](C(=O)OC)[C@H](c3ccc(F)cc3)CC1N2C. The molecule has 0 N–H and O–H groups in total. The van der Waals surface area contributed by atoms with E-state index in [0.717, 1.165) is 18.4 Å². The van der Waals surface area contributed by atoms with E-state index >= 15 is 0 Å². The summed E-state index contributed by atoms with van der Waals surface area (Å²) < 4.78 is 29.2. The predicted octanol–water partition coefficient (Wildman–Crippen LogP) is 2.16. The molecular weight excluding hydrogens is 313 g/mol. The van der Waals surface area contributed by atoms with Crippen molar-refractivity contribution < 1.29 is 23.4 Å². The first-order valence-corrected chi connectivity index (χ1v) is 8.22. The molecule has 2 bridgehead atoms. The Hall–Kier alpha value is -1.50. The minimum atomic E-state index is -0.280. The third-order valence-corrected chi connectivity index (χ3v) is 5.46. The third kappa shape index (κ3) is 3.06. The standard InChI is InChI=1S/C18H24FNO4/c1-20-14-8-13(11-4-6-12(19)7-5-11)17(18(21)23-3)15(20)9-16(14)24-10-22-2/h4-7,13-17H,8-10H2,1-3H3/t13-,14?,15?,16-,17-/m0/s1. The van der Waals surface area contributed by atoms with Crippen molar-refractivity contribution >= 4 is 5.97 Å². The van der Waals surface area contributed by atoms with Crippen LogP contribution in [0, 0.1) is 11.7 Å². The quantitative estimate of drug-likeness (QED) is 0.609. The fraction of sp³-hybridized carbons (Fsp3) is 0.611. The van der Waals surface area contributed by atoms with E-state index in [9.17, 15) is 9.18 Å². The number of benzene rings is 1. The molecule has 1 aromatic carbocycles. The lowest BCUT2D eigenvalue weighted by atomic mass is 9.76. The summed E-state index contributed by atoms with van der Waals surface area (Å²) in [5.74, 6) is -0.768. The minimum Gasteiger partial charge on any atom is -0.469 e. The van der Waals surface area contributed by atoms with Gasteiger partial charge in [0.15, 0.2) is 0 Å². The predicted molar refractivity (Wildman–Crippen MR) is 86.0 cm³/mol. The summed E-state index contributed by atoms with van der Waals surface area (Å²) in [7, 11) is 5.05. The number of likely N-dealkylation sites (N-methyl/N-ethyl adjacent to an activating group) is 1. The number of methoxy groups -OCH3 is 2. The van der Waals surface area contributed by atoms with Crippen molar-refractivity contribution in [1.29, 1.82) is 0 Å². The monoisotopic (exact) mass is 337 g/mol. The molecule has 5 nitrogen and oxygen atoms in total. The van der Waals surface area contributed by atoms with Crippen molar-refractivity contribution in [2.45, 2.75) is 36.9 Å². The third-order valence-electron chi connectivity index (χ3n) is 5.46. The Kier molecular flexibility index (Phi) is 5.18. The Morgan fingerprint density at radius 1 is 1.21 bits per heavy atom. The maximum atomic E-state index is 13.3. The van der Waals surface area contributed by atoms with E-state index in [0.29, 0.717) is 0 Å². The number of carbonyl (C=O) groups excluding carboxylic acids is 1. The largest absolute Gasteiger partial charge is 0.469 e. The van der Waals surface area contributed by atoms with Gasteiger partial charge in [0.25, 0.3) is 0 Å². The number of esters is 1. The maximum absolute atomic E-state index is 13.3. The Morgan fingerprint density at radius 3 is 2.54 bits per heavy atom. The van der Waals surface area contributed by atoms with Crippen molar-refractivity contribution in [3.63, 3.8) is 0 Å². The van der Waals surface area contributed by atoms with Gasteiger partial charge in [0.05, 0.1) is 19.1 Å². The molecule has 0 saturated carbocycles. The topological polar surface area (TPSA) is 48.0 Å². The lowest BCUT2D eigenvalue weighted by molar-refractivity contribution is -0.150. The molecule has 3 rings (SSSR count). The highest BCUT2D eigenvalue weighted by atomic mass is 19.1. The summed E-state index contributed by atoms with van der Waals surface area (Å²) in [6, 6.07) is 6.69. The van der Waals surface area contributed by atoms with Crippen molar-refractivity contribution in [3.8, 4) is 0 Å². The first-order valence-electron chi connectivity index (χ1n) is 8.22. The summed E-state index contributed by atoms with van der Waals surface area (Å²) in [4.78, 5) is 14.7. The first kappa shape index (κ1) is 17.3. The lowest BCUT2D eigenvalue weighted by Gasteiger charge is -2.41. The minimum absolute atomic E-state index is 0.000366. The second-order valence-electron chi connectivity index (χ2n) is 6.59. The van der Waals surface area contributed by atoms with Crippen LogP contribution in [0.1, 0.15) is 24.3 Å². The number of rotatable bonds is 5. The molecule has 2 heterocycles. The van der Waals surface area contributed by atoms with Gasteiger partial charge in [0.1, 0.15) is 12.6 Å². The number of nitrogens with zero attached hydrogens (tertiary/aromatic N) is 1. The van der Waals surface area contributed by atoms with Crippen LogP contribution in [0.25, 0.3) is 0 Å². The van der Waals surface area contributed by atoms with E-state index in [4.69, 9.17) is 14.2 Å². The molecular formula is C18H24FNO4. The van der Waals surface area contributed by atoms with Gasteiger partial charge in [0.2, 0.25) is 0 Å². The van der Waals surface area contributed by atoms with Crippen LogP contribution in [-0.4, -0.2) is 57.1 Å². The Bertz CT molecular complexity index is 579. The number of halogens is 1. The first-order chi connectivity index (χ1) is 11.6. The van der Waals surface area contributed by atoms with Crippen LogP contribution in [0.15, 0.2) is 24.3 Å². The highest BCUT2D eigenvalue weighted by Crippen LogP contribution is 2.47. The van der Waals surface area contributed by atoms with Gasteiger partial charge in [-0.1, -0.05) is 12.1 Å². The number of hydrogen-bond acceptors (Lipinski definition) is 5. The zero-order valence-corrected chi connectivity index (χ0v) is 14.3. The molecule has 2 aliphatic heterocycles. The van der Waals surface area contributed by atoms with Crippen molar-refractivity contribution in [2.24, 2.45) is 5.92 Å². The summed E-state index contributed by atoms with van der Waals surface area (Å²) in [6.07, 6.45) is 1.56. The van der Waals surface area contributed by atoms with Crippen LogP contribution in [0.2, 0.25) is 0 Å². The Balaban J connectivity index is 1.90. The van der Waals surface area contributed by atoms with E-state index in [1.54, 1.807) is 19.2 Å². The molecule has 1 aromatic rings. The molecule has 132 valence electrons. The number of fused-ring (bicyclic) bond motifs is 2. The number of carbonyl (C=O) groups is 1. The molecule has 6 heteroatoms. The normalized spacial score (nSPS) is 32.8. The molecule has 2 fully saturated rings. The van der Waals surface area contributed by atoms with Gasteiger partial charge in [-0.2, -0.15) is 0 Å². The van der Waals surface area contributed by atoms with Gasteiger partial charge >= 0.3 is 5.97 Å². The van der Waals surface area contributed by atoms with Crippen molar-refractivity contribution in [1.82, 2.24) is 4.90 Å². The molecule has 0 aliphatic carbocycles. The molecule has 0 spiro atoms. The molecule has 2 aliphatic rings. The van der Waals surface area contributed by atoms with Crippen LogP contribution in [-0.2, 0) is 19.0 Å². The summed E-state index contributed by atoms with van der Waals surface area (Å²) in [5.41, 5.74) is 0.974. The van der Waals surface area contributed by atoms with Gasteiger partial charge in [-0.3, -0.25) is 9.69 Å². The number of piperidine rings is 1. The number of hydrogen-bond donors (Lipinski definition) is 0. The van der Waals surface area contributed by atoms with Gasteiger partial charge in [-0.05, 0) is 37.6 Å².